The third kappa shape index (κ3) is 2.83. The third-order valence-corrected chi connectivity index (χ3v) is 2.90. The van der Waals surface area contributed by atoms with Gasteiger partial charge < -0.3 is 14.6 Å². The lowest BCUT2D eigenvalue weighted by Crippen LogP contribution is -2.16. The van der Waals surface area contributed by atoms with Gasteiger partial charge in [0.15, 0.2) is 11.5 Å². The molecule has 18 heavy (non-hydrogen) atoms. The Morgan fingerprint density at radius 1 is 1.39 bits per heavy atom. The van der Waals surface area contributed by atoms with Crippen LogP contribution in [0.25, 0.3) is 0 Å². The van der Waals surface area contributed by atoms with Gasteiger partial charge in [-0.1, -0.05) is 6.08 Å². The standard InChI is InChI=1S/C14H16O4/c1-17-12-8-7-10(14(15)16)9-13(12)18-11-5-3-2-4-6-11/h3,5,7-9,11H,2,4,6H2,1H3,(H,15,16). The van der Waals surface area contributed by atoms with Gasteiger partial charge in [-0.25, -0.2) is 4.79 Å². The normalized spacial score (nSPS) is 18.4. The van der Waals surface area contributed by atoms with Gasteiger partial charge in [-0.2, -0.15) is 0 Å². The smallest absolute Gasteiger partial charge is 0.335 e. The molecule has 0 saturated heterocycles. The van der Waals surface area contributed by atoms with E-state index in [9.17, 15) is 4.79 Å². The Kier molecular flexibility index (Phi) is 3.87. The van der Waals surface area contributed by atoms with Crippen LogP contribution < -0.4 is 9.47 Å². The maximum absolute atomic E-state index is 10.9. The predicted octanol–water partition coefficient (Wildman–Crippen LogP) is 2.88. The first-order chi connectivity index (χ1) is 8.70. The van der Waals surface area contributed by atoms with Crippen molar-refractivity contribution in [3.63, 3.8) is 0 Å². The van der Waals surface area contributed by atoms with Crippen molar-refractivity contribution < 1.29 is 19.4 Å². The highest BCUT2D eigenvalue weighted by Crippen LogP contribution is 2.30. The number of aromatic carboxylic acids is 1. The largest absolute Gasteiger partial charge is 0.493 e. The summed E-state index contributed by atoms with van der Waals surface area (Å²) in [5, 5.41) is 8.97. The second-order valence-corrected chi connectivity index (χ2v) is 4.19. The van der Waals surface area contributed by atoms with E-state index in [1.165, 1.54) is 12.1 Å². The van der Waals surface area contributed by atoms with Crippen LogP contribution in [0.1, 0.15) is 29.6 Å². The van der Waals surface area contributed by atoms with Crippen molar-refractivity contribution in [3.8, 4) is 11.5 Å². The highest BCUT2D eigenvalue weighted by atomic mass is 16.5. The Hall–Kier alpha value is -1.97. The van der Waals surface area contributed by atoms with Crippen LogP contribution in [0.4, 0.5) is 0 Å². The van der Waals surface area contributed by atoms with E-state index < -0.39 is 5.97 Å². The fourth-order valence-electron chi connectivity index (χ4n) is 1.94. The second-order valence-electron chi connectivity index (χ2n) is 4.19. The van der Waals surface area contributed by atoms with Crippen LogP contribution in [0.15, 0.2) is 30.4 Å². The molecule has 0 spiro atoms. The predicted molar refractivity (Wildman–Crippen MR) is 67.4 cm³/mol. The number of hydrogen-bond donors (Lipinski definition) is 1. The van der Waals surface area contributed by atoms with Gasteiger partial charge in [-0.15, -0.1) is 0 Å². The lowest BCUT2D eigenvalue weighted by Gasteiger charge is -2.20. The molecule has 1 N–H and O–H groups in total. The van der Waals surface area contributed by atoms with E-state index in [1.807, 2.05) is 6.08 Å². The molecule has 1 aromatic carbocycles. The average Bonchev–Trinajstić information content (AvgIpc) is 2.39. The monoisotopic (exact) mass is 248 g/mol. The van der Waals surface area contributed by atoms with Gasteiger partial charge in [0.1, 0.15) is 6.10 Å². The van der Waals surface area contributed by atoms with Crippen LogP contribution in [-0.4, -0.2) is 24.3 Å². The van der Waals surface area contributed by atoms with Crippen LogP contribution in [0.2, 0.25) is 0 Å². The van der Waals surface area contributed by atoms with Gasteiger partial charge in [0, 0.05) is 0 Å². The van der Waals surface area contributed by atoms with Crippen LogP contribution >= 0.6 is 0 Å². The summed E-state index contributed by atoms with van der Waals surface area (Å²) in [7, 11) is 1.54. The number of rotatable bonds is 4. The van der Waals surface area contributed by atoms with Gasteiger partial charge in [0.2, 0.25) is 0 Å². The molecule has 0 radical (unpaired) electrons. The van der Waals surface area contributed by atoms with E-state index in [1.54, 1.807) is 13.2 Å². The number of carbonyl (C=O) groups is 1. The zero-order chi connectivity index (χ0) is 13.0. The number of carboxylic acids is 1. The summed E-state index contributed by atoms with van der Waals surface area (Å²) in [6.45, 7) is 0. The lowest BCUT2D eigenvalue weighted by molar-refractivity contribution is 0.0696. The Morgan fingerprint density at radius 2 is 2.22 bits per heavy atom. The zero-order valence-electron chi connectivity index (χ0n) is 10.3. The van der Waals surface area contributed by atoms with E-state index in [-0.39, 0.29) is 11.7 Å². The second kappa shape index (κ2) is 5.58. The SMILES string of the molecule is COc1ccc(C(=O)O)cc1OC1C=CCCC1. The summed E-state index contributed by atoms with van der Waals surface area (Å²) in [6, 6.07) is 4.62. The van der Waals surface area contributed by atoms with Crippen molar-refractivity contribution in [1.82, 2.24) is 0 Å². The molecule has 1 aliphatic rings. The molecule has 0 aliphatic heterocycles. The van der Waals surface area contributed by atoms with Gasteiger partial charge in [-0.05, 0) is 43.5 Å². The topological polar surface area (TPSA) is 55.8 Å². The molecule has 0 amide bonds. The van der Waals surface area contributed by atoms with E-state index in [0.717, 1.165) is 19.3 Å². The van der Waals surface area contributed by atoms with E-state index in [4.69, 9.17) is 14.6 Å². The van der Waals surface area contributed by atoms with Crippen molar-refractivity contribution in [2.24, 2.45) is 0 Å². The van der Waals surface area contributed by atoms with Gasteiger partial charge >= 0.3 is 5.97 Å². The fourth-order valence-corrected chi connectivity index (χ4v) is 1.94. The number of methoxy groups -OCH3 is 1. The Morgan fingerprint density at radius 3 is 2.83 bits per heavy atom. The van der Waals surface area contributed by atoms with Crippen LogP contribution in [0.5, 0.6) is 11.5 Å². The fraction of sp³-hybridized carbons (Fsp3) is 0.357. The van der Waals surface area contributed by atoms with Crippen LogP contribution in [0, 0.1) is 0 Å². The van der Waals surface area contributed by atoms with Gasteiger partial charge in [0.25, 0.3) is 0 Å². The first-order valence-electron chi connectivity index (χ1n) is 5.95. The Balaban J connectivity index is 2.23. The number of benzene rings is 1. The first-order valence-corrected chi connectivity index (χ1v) is 5.95. The van der Waals surface area contributed by atoms with E-state index in [0.29, 0.717) is 11.5 Å². The first kappa shape index (κ1) is 12.5. The maximum Gasteiger partial charge on any atom is 0.335 e. The van der Waals surface area contributed by atoms with Crippen molar-refractivity contribution in [1.29, 1.82) is 0 Å². The molecular weight excluding hydrogens is 232 g/mol. The third-order valence-electron chi connectivity index (χ3n) is 2.90. The summed E-state index contributed by atoms with van der Waals surface area (Å²) in [6.07, 6.45) is 7.19. The number of ether oxygens (including phenoxy) is 2. The highest BCUT2D eigenvalue weighted by molar-refractivity contribution is 5.88. The van der Waals surface area contributed by atoms with E-state index in [2.05, 4.69) is 6.08 Å². The van der Waals surface area contributed by atoms with Gasteiger partial charge in [0.05, 0.1) is 12.7 Å². The maximum atomic E-state index is 10.9. The van der Waals surface area contributed by atoms with Crippen LogP contribution in [-0.2, 0) is 0 Å². The molecule has 0 heterocycles. The molecule has 0 aromatic heterocycles. The molecule has 0 saturated carbocycles. The average molecular weight is 248 g/mol. The summed E-state index contributed by atoms with van der Waals surface area (Å²) in [5.41, 5.74) is 0.200. The van der Waals surface area contributed by atoms with Crippen molar-refractivity contribution in [2.45, 2.75) is 25.4 Å². The molecule has 1 aromatic rings. The molecular formula is C14H16O4. The Bertz CT molecular complexity index is 465. The summed E-state index contributed by atoms with van der Waals surface area (Å²) in [4.78, 5) is 10.9. The minimum atomic E-state index is -0.971. The van der Waals surface area contributed by atoms with Crippen molar-refractivity contribution in [3.05, 3.63) is 35.9 Å². The summed E-state index contributed by atoms with van der Waals surface area (Å²) >= 11 is 0. The molecule has 0 fully saturated rings. The summed E-state index contributed by atoms with van der Waals surface area (Å²) in [5.74, 6) is 0.0645. The minimum absolute atomic E-state index is 0.00306. The van der Waals surface area contributed by atoms with Crippen molar-refractivity contribution in [2.75, 3.05) is 7.11 Å². The molecule has 0 bridgehead atoms. The molecule has 1 unspecified atom stereocenters. The molecule has 96 valence electrons. The number of carboxylic acid groups (broad SMARTS) is 1. The quantitative estimate of drug-likeness (QED) is 0.832. The summed E-state index contributed by atoms with van der Waals surface area (Å²) < 4.78 is 11.0. The number of allylic oxidation sites excluding steroid dienone is 1. The minimum Gasteiger partial charge on any atom is -0.493 e. The van der Waals surface area contributed by atoms with Crippen LogP contribution in [0.3, 0.4) is 0 Å². The number of hydrogen-bond acceptors (Lipinski definition) is 3. The lowest BCUT2D eigenvalue weighted by atomic mass is 10.1. The molecule has 4 nitrogen and oxygen atoms in total. The molecule has 1 aliphatic carbocycles. The molecule has 1 atom stereocenters. The molecule has 4 heteroatoms. The van der Waals surface area contributed by atoms with Crippen molar-refractivity contribution >= 4 is 5.97 Å². The molecule has 2 rings (SSSR count). The van der Waals surface area contributed by atoms with Gasteiger partial charge in [-0.3, -0.25) is 0 Å². The highest BCUT2D eigenvalue weighted by Gasteiger charge is 2.15. The zero-order valence-corrected chi connectivity index (χ0v) is 10.3. The van der Waals surface area contributed by atoms with E-state index >= 15 is 0 Å². The Labute approximate surface area is 106 Å².